The largest absolute Gasteiger partial charge is 0.508 e. The van der Waals surface area contributed by atoms with Crippen LogP contribution in [0.4, 0.5) is 0 Å². The van der Waals surface area contributed by atoms with Crippen LogP contribution in [0.2, 0.25) is 0 Å². The highest BCUT2D eigenvalue weighted by Crippen LogP contribution is 2.32. The van der Waals surface area contributed by atoms with Gasteiger partial charge in [0.05, 0.1) is 6.10 Å². The van der Waals surface area contributed by atoms with Gasteiger partial charge in [0.25, 0.3) is 0 Å². The van der Waals surface area contributed by atoms with Crippen LogP contribution >= 0.6 is 0 Å². The number of ether oxygens (including phenoxy) is 1. The van der Waals surface area contributed by atoms with E-state index in [1.54, 1.807) is 12.1 Å². The molecule has 1 aromatic carbocycles. The molecule has 1 N–H and O–H groups in total. The topological polar surface area (TPSA) is 29.5 Å². The summed E-state index contributed by atoms with van der Waals surface area (Å²) in [5.41, 5.74) is 1.19. The molecule has 0 unspecified atom stereocenters. The van der Waals surface area contributed by atoms with Gasteiger partial charge in [-0.25, -0.2) is 0 Å². The van der Waals surface area contributed by atoms with Crippen molar-refractivity contribution >= 4 is 0 Å². The maximum atomic E-state index is 9.57. The molecule has 2 rings (SSSR count). The molecule has 0 bridgehead atoms. The van der Waals surface area contributed by atoms with Crippen LogP contribution < -0.4 is 4.74 Å². The molecular formula is C15H22O2. The Morgan fingerprint density at radius 2 is 1.88 bits per heavy atom. The Balaban J connectivity index is 2.14. The second-order valence-electron chi connectivity index (χ2n) is 5.25. The number of rotatable bonds is 3. The van der Waals surface area contributed by atoms with Gasteiger partial charge in [0.15, 0.2) is 0 Å². The molecule has 0 spiro atoms. The number of phenols is 1. The van der Waals surface area contributed by atoms with Crippen LogP contribution in [0.1, 0.15) is 57.4 Å². The SMILES string of the molecule is CC(C)c1ccc(O)cc1OC1CCCCC1. The van der Waals surface area contributed by atoms with Crippen molar-refractivity contribution in [2.45, 2.75) is 58.0 Å². The minimum Gasteiger partial charge on any atom is -0.508 e. The summed E-state index contributed by atoms with van der Waals surface area (Å²) in [6.07, 6.45) is 6.49. The first-order valence-electron chi connectivity index (χ1n) is 6.66. The van der Waals surface area contributed by atoms with Crippen molar-refractivity contribution < 1.29 is 9.84 Å². The lowest BCUT2D eigenvalue weighted by Gasteiger charge is -2.25. The number of benzene rings is 1. The van der Waals surface area contributed by atoms with Crippen molar-refractivity contribution in [1.29, 1.82) is 0 Å². The van der Waals surface area contributed by atoms with E-state index in [4.69, 9.17) is 4.74 Å². The van der Waals surface area contributed by atoms with E-state index in [2.05, 4.69) is 13.8 Å². The highest BCUT2D eigenvalue weighted by Gasteiger charge is 2.17. The van der Waals surface area contributed by atoms with E-state index >= 15 is 0 Å². The summed E-state index contributed by atoms with van der Waals surface area (Å²) in [5, 5.41) is 9.57. The number of phenolic OH excluding ortho intramolecular Hbond substituents is 1. The van der Waals surface area contributed by atoms with Crippen molar-refractivity contribution in [2.24, 2.45) is 0 Å². The molecule has 1 aliphatic rings. The molecule has 1 aromatic rings. The van der Waals surface area contributed by atoms with E-state index in [9.17, 15) is 5.11 Å². The lowest BCUT2D eigenvalue weighted by molar-refractivity contribution is 0.152. The van der Waals surface area contributed by atoms with Gasteiger partial charge in [0.1, 0.15) is 11.5 Å². The Morgan fingerprint density at radius 1 is 1.18 bits per heavy atom. The fourth-order valence-corrected chi connectivity index (χ4v) is 2.46. The van der Waals surface area contributed by atoms with Gasteiger partial charge in [-0.1, -0.05) is 26.3 Å². The molecule has 94 valence electrons. The van der Waals surface area contributed by atoms with Gasteiger partial charge in [-0.2, -0.15) is 0 Å². The Hall–Kier alpha value is -1.18. The molecule has 1 saturated carbocycles. The monoisotopic (exact) mass is 234 g/mol. The van der Waals surface area contributed by atoms with E-state index in [1.807, 2.05) is 6.07 Å². The molecule has 0 radical (unpaired) electrons. The minimum atomic E-state index is 0.292. The van der Waals surface area contributed by atoms with E-state index in [0.717, 1.165) is 18.6 Å². The second kappa shape index (κ2) is 5.44. The van der Waals surface area contributed by atoms with Crippen molar-refractivity contribution in [3.8, 4) is 11.5 Å². The van der Waals surface area contributed by atoms with Crippen LogP contribution in [0.25, 0.3) is 0 Å². The van der Waals surface area contributed by atoms with Crippen LogP contribution in [0.5, 0.6) is 11.5 Å². The van der Waals surface area contributed by atoms with Crippen LogP contribution in [0.3, 0.4) is 0 Å². The zero-order valence-electron chi connectivity index (χ0n) is 10.8. The fourth-order valence-electron chi connectivity index (χ4n) is 2.46. The molecule has 2 heteroatoms. The molecule has 2 nitrogen and oxygen atoms in total. The number of hydrogen-bond acceptors (Lipinski definition) is 2. The maximum absolute atomic E-state index is 9.57. The first-order chi connectivity index (χ1) is 8.16. The average Bonchev–Trinajstić information content (AvgIpc) is 2.30. The molecule has 0 aromatic heterocycles. The lowest BCUT2D eigenvalue weighted by Crippen LogP contribution is -2.20. The number of aromatic hydroxyl groups is 1. The Kier molecular flexibility index (Phi) is 3.93. The van der Waals surface area contributed by atoms with E-state index in [1.165, 1.54) is 24.8 Å². The molecular weight excluding hydrogens is 212 g/mol. The standard InChI is InChI=1S/C15H22O2/c1-11(2)14-9-8-12(16)10-15(14)17-13-6-4-3-5-7-13/h8-11,13,16H,3-7H2,1-2H3. The number of hydrogen-bond donors (Lipinski definition) is 1. The summed E-state index contributed by atoms with van der Waals surface area (Å²) in [7, 11) is 0. The molecule has 17 heavy (non-hydrogen) atoms. The molecule has 0 heterocycles. The van der Waals surface area contributed by atoms with Crippen LogP contribution in [0, 0.1) is 0 Å². The van der Waals surface area contributed by atoms with E-state index in [-0.39, 0.29) is 0 Å². The van der Waals surface area contributed by atoms with Gasteiger partial charge >= 0.3 is 0 Å². The average molecular weight is 234 g/mol. The van der Waals surface area contributed by atoms with Crippen molar-refractivity contribution in [3.63, 3.8) is 0 Å². The highest BCUT2D eigenvalue weighted by atomic mass is 16.5. The molecule has 0 saturated heterocycles. The van der Waals surface area contributed by atoms with Gasteiger partial charge in [0.2, 0.25) is 0 Å². The summed E-state index contributed by atoms with van der Waals surface area (Å²) >= 11 is 0. The molecule has 0 atom stereocenters. The van der Waals surface area contributed by atoms with Crippen LogP contribution in [-0.2, 0) is 0 Å². The van der Waals surface area contributed by atoms with Gasteiger partial charge in [-0.3, -0.25) is 0 Å². The van der Waals surface area contributed by atoms with Gasteiger partial charge in [0, 0.05) is 6.07 Å². The highest BCUT2D eigenvalue weighted by molar-refractivity contribution is 5.41. The van der Waals surface area contributed by atoms with E-state index in [0.29, 0.717) is 17.8 Å². The van der Waals surface area contributed by atoms with Gasteiger partial charge in [-0.15, -0.1) is 0 Å². The normalized spacial score (nSPS) is 17.4. The lowest BCUT2D eigenvalue weighted by atomic mass is 9.97. The van der Waals surface area contributed by atoms with E-state index < -0.39 is 0 Å². The second-order valence-corrected chi connectivity index (χ2v) is 5.25. The smallest absolute Gasteiger partial charge is 0.126 e. The first kappa shape index (κ1) is 12.3. The molecule has 0 aliphatic heterocycles. The predicted molar refractivity (Wildman–Crippen MR) is 69.7 cm³/mol. The summed E-state index contributed by atoms with van der Waals surface area (Å²) in [4.78, 5) is 0. The van der Waals surface area contributed by atoms with Crippen molar-refractivity contribution in [3.05, 3.63) is 23.8 Å². The summed E-state index contributed by atoms with van der Waals surface area (Å²) in [5.74, 6) is 1.58. The maximum Gasteiger partial charge on any atom is 0.126 e. The quantitative estimate of drug-likeness (QED) is 0.848. The van der Waals surface area contributed by atoms with Gasteiger partial charge in [-0.05, 0) is 43.2 Å². The van der Waals surface area contributed by atoms with Crippen LogP contribution in [0.15, 0.2) is 18.2 Å². The fraction of sp³-hybridized carbons (Fsp3) is 0.600. The molecule has 0 amide bonds. The minimum absolute atomic E-state index is 0.292. The van der Waals surface area contributed by atoms with Crippen LogP contribution in [-0.4, -0.2) is 11.2 Å². The first-order valence-corrected chi connectivity index (χ1v) is 6.66. The zero-order chi connectivity index (χ0) is 12.3. The van der Waals surface area contributed by atoms with Gasteiger partial charge < -0.3 is 9.84 Å². The third-order valence-corrected chi connectivity index (χ3v) is 3.46. The Morgan fingerprint density at radius 3 is 2.53 bits per heavy atom. The third kappa shape index (κ3) is 3.15. The predicted octanol–water partition coefficient (Wildman–Crippen LogP) is 4.23. The van der Waals surface area contributed by atoms with Crippen molar-refractivity contribution in [1.82, 2.24) is 0 Å². The zero-order valence-corrected chi connectivity index (χ0v) is 10.8. The summed E-state index contributed by atoms with van der Waals surface area (Å²) in [6.45, 7) is 4.31. The molecule has 1 aliphatic carbocycles. The molecule has 1 fully saturated rings. The Bertz CT molecular complexity index is 365. The Labute approximate surface area is 104 Å². The van der Waals surface area contributed by atoms with Crippen molar-refractivity contribution in [2.75, 3.05) is 0 Å². The summed E-state index contributed by atoms with van der Waals surface area (Å²) < 4.78 is 6.07. The summed E-state index contributed by atoms with van der Waals surface area (Å²) in [6, 6.07) is 5.46. The third-order valence-electron chi connectivity index (χ3n) is 3.46.